The maximum atomic E-state index is 12.5. The van der Waals surface area contributed by atoms with Crippen LogP contribution in [0.2, 0.25) is 0 Å². The van der Waals surface area contributed by atoms with E-state index in [0.717, 1.165) is 11.1 Å². The Morgan fingerprint density at radius 3 is 2.50 bits per heavy atom. The molecule has 6 nitrogen and oxygen atoms in total. The van der Waals surface area contributed by atoms with Gasteiger partial charge >= 0.3 is 0 Å². The highest BCUT2D eigenvalue weighted by Crippen LogP contribution is 2.35. The third-order valence-corrected chi connectivity index (χ3v) is 5.34. The molecule has 0 amide bonds. The minimum atomic E-state index is -3.73. The van der Waals surface area contributed by atoms with E-state index < -0.39 is 15.6 Å². The van der Waals surface area contributed by atoms with Gasteiger partial charge in [0.15, 0.2) is 0 Å². The molecular weight excluding hydrogens is 352 g/mol. The Bertz CT molecular complexity index is 948. The molecule has 0 radical (unpaired) electrons. The normalized spacial score (nSPS) is 17.3. The first-order valence-corrected chi connectivity index (χ1v) is 9.71. The lowest BCUT2D eigenvalue weighted by atomic mass is 9.92. The molecule has 0 saturated carbocycles. The van der Waals surface area contributed by atoms with Crippen LogP contribution in [0.1, 0.15) is 31.4 Å². The fraction of sp³-hybridized carbons (Fsp3) is 0.316. The van der Waals surface area contributed by atoms with Crippen molar-refractivity contribution in [2.45, 2.75) is 37.7 Å². The number of hydrogen-bond donors (Lipinski definition) is 1. The van der Waals surface area contributed by atoms with Gasteiger partial charge in [-0.05, 0) is 45.0 Å². The predicted octanol–water partition coefficient (Wildman–Crippen LogP) is 3.25. The molecule has 1 aliphatic heterocycles. The molecule has 26 heavy (non-hydrogen) atoms. The highest BCUT2D eigenvalue weighted by molar-refractivity contribution is 7.89. The Morgan fingerprint density at radius 2 is 1.85 bits per heavy atom. The van der Waals surface area contributed by atoms with Gasteiger partial charge in [-0.1, -0.05) is 17.7 Å². The van der Waals surface area contributed by atoms with Crippen LogP contribution in [-0.4, -0.2) is 26.8 Å². The first-order chi connectivity index (χ1) is 12.2. The van der Waals surface area contributed by atoms with Crippen molar-refractivity contribution in [3.05, 3.63) is 53.6 Å². The van der Waals surface area contributed by atoms with Gasteiger partial charge in [0.05, 0.1) is 17.7 Å². The fourth-order valence-corrected chi connectivity index (χ4v) is 3.60. The minimum Gasteiger partial charge on any atom is -0.497 e. The van der Waals surface area contributed by atoms with Crippen LogP contribution in [0.4, 0.5) is 0 Å². The summed E-state index contributed by atoms with van der Waals surface area (Å²) < 4.78 is 36.2. The molecule has 0 fully saturated rings. The summed E-state index contributed by atoms with van der Waals surface area (Å²) in [7, 11) is -2.15. The number of aryl methyl sites for hydroxylation is 1. The molecular formula is C19H22N2O4S. The van der Waals surface area contributed by atoms with Crippen molar-refractivity contribution in [1.29, 1.82) is 0 Å². The zero-order chi connectivity index (χ0) is 18.9. The van der Waals surface area contributed by atoms with Gasteiger partial charge in [0.25, 0.3) is 10.0 Å². The van der Waals surface area contributed by atoms with E-state index in [4.69, 9.17) is 9.47 Å². The van der Waals surface area contributed by atoms with Crippen LogP contribution in [-0.2, 0) is 10.0 Å². The Kier molecular flexibility index (Phi) is 4.66. The number of hydrogen-bond acceptors (Lipinski definition) is 5. The lowest BCUT2D eigenvalue weighted by Crippen LogP contribution is -2.37. The first kappa shape index (κ1) is 18.3. The Balaban J connectivity index is 1.94. The van der Waals surface area contributed by atoms with Crippen molar-refractivity contribution in [3.8, 4) is 11.5 Å². The molecule has 2 aromatic rings. The number of fused-ring (bicyclic) bond motifs is 1. The molecule has 138 valence electrons. The molecule has 1 N–H and O–H groups in total. The van der Waals surface area contributed by atoms with Gasteiger partial charge in [0.1, 0.15) is 17.1 Å². The predicted molar refractivity (Wildman–Crippen MR) is 100 cm³/mol. The number of sulfonamides is 1. The summed E-state index contributed by atoms with van der Waals surface area (Å²) in [5, 5.41) is 4.20. The van der Waals surface area contributed by atoms with Crippen LogP contribution >= 0.6 is 0 Å². The number of rotatable bonds is 4. The van der Waals surface area contributed by atoms with Crippen LogP contribution in [0.5, 0.6) is 11.5 Å². The highest BCUT2D eigenvalue weighted by Gasteiger charge is 2.32. The lowest BCUT2D eigenvalue weighted by molar-refractivity contribution is 0.111. The maximum Gasteiger partial charge on any atom is 0.276 e. The van der Waals surface area contributed by atoms with Gasteiger partial charge in [-0.25, -0.2) is 0 Å². The maximum absolute atomic E-state index is 12.5. The fourth-order valence-electron chi connectivity index (χ4n) is 2.77. The third kappa shape index (κ3) is 3.83. The van der Waals surface area contributed by atoms with Gasteiger partial charge in [-0.2, -0.15) is 18.4 Å². The van der Waals surface area contributed by atoms with E-state index >= 15 is 0 Å². The second-order valence-electron chi connectivity index (χ2n) is 6.87. The highest BCUT2D eigenvalue weighted by atomic mass is 32.2. The largest absolute Gasteiger partial charge is 0.497 e. The summed E-state index contributed by atoms with van der Waals surface area (Å²) in [5.74, 6) is 1.29. The van der Waals surface area contributed by atoms with Gasteiger partial charge in [-0.15, -0.1) is 0 Å². The molecule has 0 spiro atoms. The van der Waals surface area contributed by atoms with Crippen LogP contribution in [0, 0.1) is 6.92 Å². The second-order valence-corrected chi connectivity index (χ2v) is 8.53. The average molecular weight is 374 g/mol. The van der Waals surface area contributed by atoms with Crippen molar-refractivity contribution in [2.75, 3.05) is 7.11 Å². The molecule has 2 aromatic carbocycles. The van der Waals surface area contributed by atoms with E-state index in [-0.39, 0.29) is 4.90 Å². The van der Waals surface area contributed by atoms with Gasteiger partial charge in [-0.3, -0.25) is 0 Å². The zero-order valence-electron chi connectivity index (χ0n) is 15.2. The SMILES string of the molecule is COc1ccc2c(c1)OC(C)(C)CC2=NNS(=O)(=O)c1ccc(C)cc1. The van der Waals surface area contributed by atoms with Gasteiger partial charge in [0, 0.05) is 18.1 Å². The lowest BCUT2D eigenvalue weighted by Gasteiger charge is -2.33. The third-order valence-electron chi connectivity index (χ3n) is 4.11. The molecule has 0 atom stereocenters. The Morgan fingerprint density at radius 1 is 1.15 bits per heavy atom. The second kappa shape index (κ2) is 6.64. The molecule has 1 heterocycles. The number of methoxy groups -OCH3 is 1. The van der Waals surface area contributed by atoms with Crippen LogP contribution < -0.4 is 14.3 Å². The standard InChI is InChI=1S/C19H22N2O4S/c1-13-5-8-15(9-6-13)26(22,23)21-20-17-12-19(2,3)25-18-11-14(24-4)7-10-16(17)18/h5-11,21H,12H2,1-4H3. The van der Waals surface area contributed by atoms with Crippen molar-refractivity contribution < 1.29 is 17.9 Å². The monoisotopic (exact) mass is 374 g/mol. The molecule has 1 aliphatic rings. The van der Waals surface area contributed by atoms with E-state index in [1.165, 1.54) is 0 Å². The van der Waals surface area contributed by atoms with Crippen molar-refractivity contribution in [3.63, 3.8) is 0 Å². The van der Waals surface area contributed by atoms with Gasteiger partial charge < -0.3 is 9.47 Å². The number of benzene rings is 2. The number of nitrogens with one attached hydrogen (secondary N) is 1. The van der Waals surface area contributed by atoms with E-state index in [9.17, 15) is 8.42 Å². The van der Waals surface area contributed by atoms with Gasteiger partial charge in [0.2, 0.25) is 0 Å². The summed E-state index contributed by atoms with van der Waals surface area (Å²) in [6, 6.07) is 12.0. The summed E-state index contributed by atoms with van der Waals surface area (Å²) >= 11 is 0. The first-order valence-electron chi connectivity index (χ1n) is 8.23. The van der Waals surface area contributed by atoms with Crippen LogP contribution in [0.25, 0.3) is 0 Å². The average Bonchev–Trinajstić information content (AvgIpc) is 2.58. The molecule has 0 bridgehead atoms. The summed E-state index contributed by atoms with van der Waals surface area (Å²) in [6.45, 7) is 5.76. The number of ether oxygens (including phenoxy) is 2. The molecule has 0 unspecified atom stereocenters. The smallest absolute Gasteiger partial charge is 0.276 e. The van der Waals surface area contributed by atoms with Crippen molar-refractivity contribution >= 4 is 15.7 Å². The molecule has 0 aromatic heterocycles. The Labute approximate surface area is 153 Å². The van der Waals surface area contributed by atoms with E-state index in [1.807, 2.05) is 26.8 Å². The van der Waals surface area contributed by atoms with Crippen LogP contribution in [0.3, 0.4) is 0 Å². The molecule has 0 aliphatic carbocycles. The van der Waals surface area contributed by atoms with Crippen LogP contribution in [0.15, 0.2) is 52.5 Å². The summed E-state index contributed by atoms with van der Waals surface area (Å²) in [5.41, 5.74) is 1.85. The quantitative estimate of drug-likeness (QED) is 0.834. The van der Waals surface area contributed by atoms with Crippen molar-refractivity contribution in [2.24, 2.45) is 5.10 Å². The van der Waals surface area contributed by atoms with E-state index in [2.05, 4.69) is 9.93 Å². The zero-order valence-corrected chi connectivity index (χ0v) is 16.1. The minimum absolute atomic E-state index is 0.175. The summed E-state index contributed by atoms with van der Waals surface area (Å²) in [6.07, 6.45) is 0.475. The molecule has 7 heteroatoms. The van der Waals surface area contributed by atoms with E-state index in [1.54, 1.807) is 43.5 Å². The number of nitrogens with zero attached hydrogens (tertiary/aromatic N) is 1. The Hall–Kier alpha value is -2.54. The topological polar surface area (TPSA) is 77.0 Å². The molecule has 0 saturated heterocycles. The van der Waals surface area contributed by atoms with Crippen molar-refractivity contribution in [1.82, 2.24) is 4.83 Å². The molecule has 3 rings (SSSR count). The summed E-state index contributed by atoms with van der Waals surface area (Å²) in [4.78, 5) is 2.52. The van der Waals surface area contributed by atoms with E-state index in [0.29, 0.717) is 23.6 Å². The number of hydrazone groups is 1.